The van der Waals surface area contributed by atoms with E-state index in [0.29, 0.717) is 12.2 Å². The first kappa shape index (κ1) is 15.4. The van der Waals surface area contributed by atoms with Crippen LogP contribution >= 0.6 is 0 Å². The molecule has 0 unspecified atom stereocenters. The Kier molecular flexibility index (Phi) is 4.50. The summed E-state index contributed by atoms with van der Waals surface area (Å²) < 4.78 is 0. The standard InChI is InChI=1S/C16H22N2O3/c1-11-6-5-7-12(14(19)20)13(11)18-15(21)17-10-16(2)8-3-4-9-16/h5-7H,3-4,8-10H2,1-2H3,(H,19,20)(H2,17,18,21). The van der Waals surface area contributed by atoms with Crippen LogP contribution in [0.4, 0.5) is 10.5 Å². The summed E-state index contributed by atoms with van der Waals surface area (Å²) in [6.07, 6.45) is 4.66. The largest absolute Gasteiger partial charge is 0.478 e. The van der Waals surface area contributed by atoms with Gasteiger partial charge >= 0.3 is 12.0 Å². The predicted octanol–water partition coefficient (Wildman–Crippen LogP) is 3.40. The van der Waals surface area contributed by atoms with Crippen LogP contribution in [0.1, 0.15) is 48.5 Å². The van der Waals surface area contributed by atoms with E-state index in [0.717, 1.165) is 18.4 Å². The second-order valence-corrected chi connectivity index (χ2v) is 6.13. The number of hydrogen-bond acceptors (Lipinski definition) is 2. The Bertz CT molecular complexity index is 548. The molecule has 0 heterocycles. The lowest BCUT2D eigenvalue weighted by Crippen LogP contribution is -2.37. The number of urea groups is 1. The van der Waals surface area contributed by atoms with E-state index >= 15 is 0 Å². The molecular formula is C16H22N2O3. The molecule has 21 heavy (non-hydrogen) atoms. The van der Waals surface area contributed by atoms with Crippen molar-refractivity contribution in [2.24, 2.45) is 5.41 Å². The second kappa shape index (κ2) is 6.16. The van der Waals surface area contributed by atoms with Crippen molar-refractivity contribution in [3.8, 4) is 0 Å². The third kappa shape index (κ3) is 3.74. The van der Waals surface area contributed by atoms with E-state index in [1.54, 1.807) is 19.1 Å². The monoisotopic (exact) mass is 290 g/mol. The smallest absolute Gasteiger partial charge is 0.337 e. The molecule has 0 aromatic heterocycles. The molecule has 5 heteroatoms. The van der Waals surface area contributed by atoms with Crippen LogP contribution in [0, 0.1) is 12.3 Å². The molecule has 0 atom stereocenters. The SMILES string of the molecule is Cc1cccc(C(=O)O)c1NC(=O)NCC1(C)CCCC1. The number of anilines is 1. The van der Waals surface area contributed by atoms with Crippen LogP contribution in [-0.2, 0) is 0 Å². The number of aromatic carboxylic acids is 1. The van der Waals surface area contributed by atoms with Crippen molar-refractivity contribution in [2.45, 2.75) is 39.5 Å². The molecule has 114 valence electrons. The topological polar surface area (TPSA) is 78.4 Å². The van der Waals surface area contributed by atoms with Gasteiger partial charge in [-0.2, -0.15) is 0 Å². The fourth-order valence-electron chi connectivity index (χ4n) is 2.87. The number of carboxylic acids is 1. The lowest BCUT2D eigenvalue weighted by Gasteiger charge is -2.24. The Morgan fingerprint density at radius 2 is 1.95 bits per heavy atom. The maximum atomic E-state index is 12.0. The summed E-state index contributed by atoms with van der Waals surface area (Å²) in [4.78, 5) is 23.2. The summed E-state index contributed by atoms with van der Waals surface area (Å²) in [5, 5.41) is 14.7. The minimum Gasteiger partial charge on any atom is -0.478 e. The Labute approximate surface area is 124 Å². The summed E-state index contributed by atoms with van der Waals surface area (Å²) in [6.45, 7) is 4.57. The number of amides is 2. The van der Waals surface area contributed by atoms with Crippen molar-refractivity contribution < 1.29 is 14.7 Å². The first-order chi connectivity index (χ1) is 9.91. The zero-order valence-corrected chi connectivity index (χ0v) is 12.5. The Balaban J connectivity index is 2.01. The minimum absolute atomic E-state index is 0.109. The second-order valence-electron chi connectivity index (χ2n) is 6.13. The first-order valence-electron chi connectivity index (χ1n) is 7.29. The van der Waals surface area contributed by atoms with Gasteiger partial charge in [-0.15, -0.1) is 0 Å². The van der Waals surface area contributed by atoms with Gasteiger partial charge in [-0.05, 0) is 36.8 Å². The van der Waals surface area contributed by atoms with Crippen LogP contribution in [0.5, 0.6) is 0 Å². The van der Waals surface area contributed by atoms with Gasteiger partial charge in [-0.1, -0.05) is 31.9 Å². The lowest BCUT2D eigenvalue weighted by atomic mass is 9.89. The van der Waals surface area contributed by atoms with Crippen molar-refractivity contribution in [1.82, 2.24) is 5.32 Å². The van der Waals surface area contributed by atoms with Crippen LogP contribution in [0.15, 0.2) is 18.2 Å². The van der Waals surface area contributed by atoms with Gasteiger partial charge in [0.2, 0.25) is 0 Å². The maximum Gasteiger partial charge on any atom is 0.337 e. The Morgan fingerprint density at radius 1 is 1.29 bits per heavy atom. The van der Waals surface area contributed by atoms with Crippen LogP contribution in [0.25, 0.3) is 0 Å². The molecule has 1 aromatic carbocycles. The number of aryl methyl sites for hydroxylation is 1. The number of nitrogens with one attached hydrogen (secondary N) is 2. The number of carbonyl (C=O) groups excluding carboxylic acids is 1. The average Bonchev–Trinajstić information content (AvgIpc) is 2.86. The van der Waals surface area contributed by atoms with Crippen molar-refractivity contribution in [2.75, 3.05) is 11.9 Å². The van der Waals surface area contributed by atoms with Crippen LogP contribution in [0.2, 0.25) is 0 Å². The summed E-state index contributed by atoms with van der Waals surface area (Å²) >= 11 is 0. The van der Waals surface area contributed by atoms with Crippen molar-refractivity contribution in [3.63, 3.8) is 0 Å². The average molecular weight is 290 g/mol. The van der Waals surface area contributed by atoms with Gasteiger partial charge in [0.1, 0.15) is 0 Å². The molecule has 2 rings (SSSR count). The van der Waals surface area contributed by atoms with Crippen LogP contribution < -0.4 is 10.6 Å². The molecule has 1 fully saturated rings. The quantitative estimate of drug-likeness (QED) is 0.795. The normalized spacial score (nSPS) is 16.5. The highest BCUT2D eigenvalue weighted by molar-refractivity contribution is 6.00. The number of hydrogen-bond donors (Lipinski definition) is 3. The minimum atomic E-state index is -1.04. The van der Waals surface area contributed by atoms with Crippen molar-refractivity contribution in [3.05, 3.63) is 29.3 Å². The highest BCUT2D eigenvalue weighted by Gasteiger charge is 2.29. The van der Waals surface area contributed by atoms with Gasteiger partial charge in [0.25, 0.3) is 0 Å². The molecule has 0 saturated heterocycles. The van der Waals surface area contributed by atoms with Gasteiger partial charge in [0, 0.05) is 6.54 Å². The fraction of sp³-hybridized carbons (Fsp3) is 0.500. The van der Waals surface area contributed by atoms with Gasteiger partial charge in [-0.25, -0.2) is 9.59 Å². The van der Waals surface area contributed by atoms with E-state index in [1.165, 1.54) is 18.9 Å². The summed E-state index contributed by atoms with van der Waals surface area (Å²) in [7, 11) is 0. The maximum absolute atomic E-state index is 12.0. The summed E-state index contributed by atoms with van der Waals surface area (Å²) in [5.41, 5.74) is 1.37. The van der Waals surface area contributed by atoms with Crippen molar-refractivity contribution >= 4 is 17.7 Å². The van der Waals surface area contributed by atoms with E-state index in [4.69, 9.17) is 0 Å². The zero-order chi connectivity index (χ0) is 15.5. The van der Waals surface area contributed by atoms with E-state index in [-0.39, 0.29) is 17.0 Å². The molecule has 0 aliphatic heterocycles. The number of carboxylic acid groups (broad SMARTS) is 1. The predicted molar refractivity (Wildman–Crippen MR) is 81.7 cm³/mol. The molecule has 2 amide bonds. The van der Waals surface area contributed by atoms with Gasteiger partial charge in [-0.3, -0.25) is 0 Å². The number of benzene rings is 1. The third-order valence-corrected chi connectivity index (χ3v) is 4.23. The van der Waals surface area contributed by atoms with Gasteiger partial charge in [0.15, 0.2) is 0 Å². The first-order valence-corrected chi connectivity index (χ1v) is 7.29. The lowest BCUT2D eigenvalue weighted by molar-refractivity contribution is 0.0698. The van der Waals surface area contributed by atoms with Crippen LogP contribution in [-0.4, -0.2) is 23.7 Å². The molecule has 0 spiro atoms. The molecule has 1 saturated carbocycles. The summed E-state index contributed by atoms with van der Waals surface area (Å²) in [6, 6.07) is 4.59. The molecule has 1 aliphatic rings. The zero-order valence-electron chi connectivity index (χ0n) is 12.5. The number of para-hydroxylation sites is 1. The number of rotatable bonds is 4. The summed E-state index contributed by atoms with van der Waals surface area (Å²) in [5.74, 6) is -1.04. The molecular weight excluding hydrogens is 268 g/mol. The molecule has 5 nitrogen and oxygen atoms in total. The highest BCUT2D eigenvalue weighted by Crippen LogP contribution is 2.36. The van der Waals surface area contributed by atoms with E-state index in [1.807, 2.05) is 0 Å². The molecule has 0 radical (unpaired) electrons. The van der Waals surface area contributed by atoms with Gasteiger partial charge < -0.3 is 15.7 Å². The van der Waals surface area contributed by atoms with E-state index in [9.17, 15) is 14.7 Å². The van der Waals surface area contributed by atoms with Gasteiger partial charge in [0.05, 0.1) is 11.3 Å². The molecule has 3 N–H and O–H groups in total. The van der Waals surface area contributed by atoms with E-state index in [2.05, 4.69) is 17.6 Å². The highest BCUT2D eigenvalue weighted by atomic mass is 16.4. The Hall–Kier alpha value is -2.04. The van der Waals surface area contributed by atoms with E-state index < -0.39 is 5.97 Å². The van der Waals surface area contributed by atoms with Crippen molar-refractivity contribution in [1.29, 1.82) is 0 Å². The van der Waals surface area contributed by atoms with Crippen LogP contribution in [0.3, 0.4) is 0 Å². The Morgan fingerprint density at radius 3 is 2.57 bits per heavy atom. The molecule has 1 aliphatic carbocycles. The fourth-order valence-corrected chi connectivity index (χ4v) is 2.87. The molecule has 0 bridgehead atoms. The third-order valence-electron chi connectivity index (χ3n) is 4.23. The molecule has 1 aromatic rings. The number of carbonyl (C=O) groups is 2.